The highest BCUT2D eigenvalue weighted by Crippen LogP contribution is 2.30. The average Bonchev–Trinajstić information content (AvgIpc) is 2.66. The predicted octanol–water partition coefficient (Wildman–Crippen LogP) is 3.30. The highest BCUT2D eigenvalue weighted by Gasteiger charge is 2.17. The van der Waals surface area contributed by atoms with Crippen LogP contribution in [0.1, 0.15) is 28.9 Å². The Kier molecular flexibility index (Phi) is 4.93. The molecule has 0 spiro atoms. The maximum absolute atomic E-state index is 12.5. The van der Waals surface area contributed by atoms with Crippen molar-refractivity contribution in [1.82, 2.24) is 5.32 Å². The molecule has 0 aliphatic rings. The highest BCUT2D eigenvalue weighted by molar-refractivity contribution is 5.96. The van der Waals surface area contributed by atoms with E-state index in [1.165, 1.54) is 6.07 Å². The van der Waals surface area contributed by atoms with Crippen LogP contribution in [0.25, 0.3) is 11.0 Å². The van der Waals surface area contributed by atoms with Gasteiger partial charge in [-0.2, -0.15) is 0 Å². The van der Waals surface area contributed by atoms with Crippen molar-refractivity contribution < 1.29 is 18.7 Å². The number of carbonyl (C=O) groups excluding carboxylic acids is 1. The number of nitrogens with one attached hydrogen (secondary N) is 1. The van der Waals surface area contributed by atoms with Crippen molar-refractivity contribution in [3.63, 3.8) is 0 Å². The largest absolute Gasteiger partial charge is 0.493 e. The minimum absolute atomic E-state index is 0.0315. The van der Waals surface area contributed by atoms with Gasteiger partial charge in [-0.05, 0) is 36.8 Å². The second-order valence-corrected chi connectivity index (χ2v) is 5.79. The highest BCUT2D eigenvalue weighted by atomic mass is 16.5. The number of benzene rings is 2. The summed E-state index contributed by atoms with van der Waals surface area (Å²) in [7, 11) is 3.10. The molecule has 1 amide bonds. The Hall–Kier alpha value is -3.28. The van der Waals surface area contributed by atoms with Gasteiger partial charge in [0.05, 0.1) is 20.3 Å². The predicted molar refractivity (Wildman–Crippen MR) is 97.9 cm³/mol. The van der Waals surface area contributed by atoms with Gasteiger partial charge in [0.15, 0.2) is 11.5 Å². The Morgan fingerprint density at radius 2 is 1.77 bits per heavy atom. The van der Waals surface area contributed by atoms with Crippen LogP contribution in [0.2, 0.25) is 0 Å². The van der Waals surface area contributed by atoms with E-state index in [4.69, 9.17) is 13.9 Å². The minimum atomic E-state index is -0.666. The number of hydrogen-bond donors (Lipinski definition) is 1. The normalized spacial score (nSPS) is 11.8. The molecule has 0 aliphatic carbocycles. The number of rotatable bonds is 5. The van der Waals surface area contributed by atoms with Crippen LogP contribution in [0.15, 0.2) is 57.7 Å². The first-order chi connectivity index (χ1) is 12.5. The van der Waals surface area contributed by atoms with Crippen LogP contribution >= 0.6 is 0 Å². The van der Waals surface area contributed by atoms with Crippen LogP contribution in [-0.4, -0.2) is 20.1 Å². The molecular weight excluding hydrogens is 334 g/mol. The Bertz CT molecular complexity index is 1010. The van der Waals surface area contributed by atoms with E-state index < -0.39 is 11.5 Å². The maximum Gasteiger partial charge on any atom is 0.349 e. The first-order valence-corrected chi connectivity index (χ1v) is 8.09. The molecule has 6 heteroatoms. The lowest BCUT2D eigenvalue weighted by Gasteiger charge is -2.16. The van der Waals surface area contributed by atoms with Gasteiger partial charge in [-0.1, -0.05) is 24.3 Å². The van der Waals surface area contributed by atoms with E-state index >= 15 is 0 Å². The van der Waals surface area contributed by atoms with Gasteiger partial charge >= 0.3 is 5.63 Å². The van der Waals surface area contributed by atoms with Gasteiger partial charge in [0.2, 0.25) is 0 Å². The van der Waals surface area contributed by atoms with E-state index in [9.17, 15) is 9.59 Å². The summed E-state index contributed by atoms with van der Waals surface area (Å²) in [4.78, 5) is 24.7. The standard InChI is InChI=1S/C20H19NO5/c1-12(13-8-9-17(24-2)18(11-13)25-3)21-19(22)15-10-14-6-4-5-7-16(14)26-20(15)23/h4-12H,1-3H3,(H,21,22)/t12-/m1/s1. The average molecular weight is 353 g/mol. The third-order valence-electron chi connectivity index (χ3n) is 4.14. The molecule has 3 rings (SSSR count). The van der Waals surface area contributed by atoms with Crippen molar-refractivity contribution in [3.05, 3.63) is 70.1 Å². The summed E-state index contributed by atoms with van der Waals surface area (Å²) in [5.74, 6) is 0.674. The Morgan fingerprint density at radius 3 is 2.50 bits per heavy atom. The molecule has 0 aliphatic heterocycles. The topological polar surface area (TPSA) is 77.8 Å². The maximum atomic E-state index is 12.5. The van der Waals surface area contributed by atoms with E-state index in [2.05, 4.69) is 5.32 Å². The Balaban J connectivity index is 1.86. The van der Waals surface area contributed by atoms with Crippen molar-refractivity contribution >= 4 is 16.9 Å². The van der Waals surface area contributed by atoms with Gasteiger partial charge in [0.25, 0.3) is 5.91 Å². The molecular formula is C20H19NO5. The molecule has 1 aromatic heterocycles. The fourth-order valence-corrected chi connectivity index (χ4v) is 2.70. The molecule has 0 bridgehead atoms. The van der Waals surface area contributed by atoms with E-state index in [1.807, 2.05) is 19.1 Å². The van der Waals surface area contributed by atoms with Crippen LogP contribution in [0.3, 0.4) is 0 Å². The second kappa shape index (κ2) is 7.31. The molecule has 0 saturated heterocycles. The lowest BCUT2D eigenvalue weighted by molar-refractivity contribution is 0.0936. The van der Waals surface area contributed by atoms with Gasteiger partial charge in [-0.15, -0.1) is 0 Å². The first-order valence-electron chi connectivity index (χ1n) is 8.09. The van der Waals surface area contributed by atoms with E-state index in [1.54, 1.807) is 44.6 Å². The van der Waals surface area contributed by atoms with Crippen molar-refractivity contribution in [2.75, 3.05) is 14.2 Å². The summed E-state index contributed by atoms with van der Waals surface area (Å²) in [6, 6.07) is 13.6. The van der Waals surface area contributed by atoms with Crippen LogP contribution in [0.5, 0.6) is 11.5 Å². The number of methoxy groups -OCH3 is 2. The van der Waals surface area contributed by atoms with Gasteiger partial charge in [-0.25, -0.2) is 4.79 Å². The smallest absolute Gasteiger partial charge is 0.349 e. The molecule has 6 nitrogen and oxygen atoms in total. The van der Waals surface area contributed by atoms with E-state index in [0.717, 1.165) is 5.56 Å². The minimum Gasteiger partial charge on any atom is -0.493 e. The van der Waals surface area contributed by atoms with Gasteiger partial charge in [0, 0.05) is 5.39 Å². The molecule has 26 heavy (non-hydrogen) atoms. The zero-order valence-corrected chi connectivity index (χ0v) is 14.7. The molecule has 134 valence electrons. The van der Waals surface area contributed by atoms with Crippen LogP contribution in [0.4, 0.5) is 0 Å². The Morgan fingerprint density at radius 1 is 1.04 bits per heavy atom. The third kappa shape index (κ3) is 3.39. The van der Waals surface area contributed by atoms with Gasteiger partial charge < -0.3 is 19.2 Å². The summed E-state index contributed by atoms with van der Waals surface area (Å²) < 4.78 is 15.7. The van der Waals surface area contributed by atoms with Crippen LogP contribution in [0, 0.1) is 0 Å². The van der Waals surface area contributed by atoms with Crippen molar-refractivity contribution in [3.8, 4) is 11.5 Å². The number of para-hydroxylation sites is 1. The summed E-state index contributed by atoms with van der Waals surface area (Å²) in [6.07, 6.45) is 0. The SMILES string of the molecule is COc1ccc([C@@H](C)NC(=O)c2cc3ccccc3oc2=O)cc1OC. The lowest BCUT2D eigenvalue weighted by Crippen LogP contribution is -2.30. The molecule has 1 atom stereocenters. The lowest BCUT2D eigenvalue weighted by atomic mass is 10.1. The van der Waals surface area contributed by atoms with Crippen LogP contribution in [-0.2, 0) is 0 Å². The molecule has 2 aromatic carbocycles. The fourth-order valence-electron chi connectivity index (χ4n) is 2.70. The molecule has 0 unspecified atom stereocenters. The third-order valence-corrected chi connectivity index (χ3v) is 4.14. The molecule has 1 heterocycles. The van der Waals surface area contributed by atoms with Crippen LogP contribution < -0.4 is 20.4 Å². The number of fused-ring (bicyclic) bond motifs is 1. The first kappa shape index (κ1) is 17.5. The summed E-state index contributed by atoms with van der Waals surface area (Å²) in [6.45, 7) is 1.82. The molecule has 0 fully saturated rings. The van der Waals surface area contributed by atoms with Gasteiger partial charge in [-0.3, -0.25) is 4.79 Å². The fraction of sp³-hybridized carbons (Fsp3) is 0.200. The zero-order chi connectivity index (χ0) is 18.7. The second-order valence-electron chi connectivity index (χ2n) is 5.79. The molecule has 0 radical (unpaired) electrons. The zero-order valence-electron chi connectivity index (χ0n) is 14.7. The molecule has 1 N–H and O–H groups in total. The number of amides is 1. The van der Waals surface area contributed by atoms with Crippen molar-refractivity contribution in [1.29, 1.82) is 0 Å². The number of ether oxygens (including phenoxy) is 2. The quantitative estimate of drug-likeness (QED) is 0.712. The van der Waals surface area contributed by atoms with E-state index in [0.29, 0.717) is 22.5 Å². The van der Waals surface area contributed by atoms with E-state index in [-0.39, 0.29) is 11.6 Å². The summed E-state index contributed by atoms with van der Waals surface area (Å²) in [5, 5.41) is 3.50. The molecule has 3 aromatic rings. The monoisotopic (exact) mass is 353 g/mol. The number of hydrogen-bond acceptors (Lipinski definition) is 5. The van der Waals surface area contributed by atoms with Crippen molar-refractivity contribution in [2.45, 2.75) is 13.0 Å². The van der Waals surface area contributed by atoms with Crippen molar-refractivity contribution in [2.24, 2.45) is 0 Å². The van der Waals surface area contributed by atoms with Gasteiger partial charge in [0.1, 0.15) is 11.1 Å². The summed E-state index contributed by atoms with van der Waals surface area (Å²) >= 11 is 0. The molecule has 0 saturated carbocycles. The number of carbonyl (C=O) groups is 1. The Labute approximate surface area is 150 Å². The summed E-state index contributed by atoms with van der Waals surface area (Å²) in [5.41, 5.74) is 0.569.